The monoisotopic (exact) mass is 527 g/mol. The first-order valence-electron chi connectivity index (χ1n) is 13.2. The van der Waals surface area contributed by atoms with Crippen molar-refractivity contribution in [3.05, 3.63) is 82.6 Å². The predicted octanol–water partition coefficient (Wildman–Crippen LogP) is 3.77. The molecule has 0 saturated carbocycles. The van der Waals surface area contributed by atoms with Crippen LogP contribution in [0.3, 0.4) is 0 Å². The van der Waals surface area contributed by atoms with E-state index >= 15 is 0 Å². The molecular weight excluding hydrogens is 498 g/mol. The third-order valence-corrected chi connectivity index (χ3v) is 8.00. The van der Waals surface area contributed by atoms with E-state index in [1.165, 1.54) is 6.07 Å². The molecule has 9 nitrogen and oxygen atoms in total. The Balaban J connectivity index is 1.29. The first-order chi connectivity index (χ1) is 18.8. The van der Waals surface area contributed by atoms with Crippen LogP contribution >= 0.6 is 0 Å². The lowest BCUT2D eigenvalue weighted by molar-refractivity contribution is -0.160. The van der Waals surface area contributed by atoms with Gasteiger partial charge in [-0.25, -0.2) is 4.79 Å². The summed E-state index contributed by atoms with van der Waals surface area (Å²) < 4.78 is 10.3. The van der Waals surface area contributed by atoms with E-state index in [0.29, 0.717) is 5.76 Å². The van der Waals surface area contributed by atoms with E-state index in [-0.39, 0.29) is 41.8 Å². The number of esters is 1. The Hall–Kier alpha value is -4.27. The van der Waals surface area contributed by atoms with Crippen LogP contribution in [-0.2, 0) is 23.9 Å². The van der Waals surface area contributed by atoms with E-state index in [9.17, 15) is 19.2 Å². The molecule has 9 heteroatoms. The molecule has 1 saturated heterocycles. The molecule has 39 heavy (non-hydrogen) atoms. The Morgan fingerprint density at radius 3 is 1.90 bits per heavy atom. The van der Waals surface area contributed by atoms with E-state index < -0.39 is 36.4 Å². The summed E-state index contributed by atoms with van der Waals surface area (Å²) in [5, 5.41) is 6.19. The molecule has 0 unspecified atom stereocenters. The second-order valence-electron chi connectivity index (χ2n) is 10.9. The van der Waals surface area contributed by atoms with Crippen molar-refractivity contribution >= 4 is 29.5 Å². The molecule has 3 aromatic rings. The van der Waals surface area contributed by atoms with Crippen LogP contribution in [0.5, 0.6) is 0 Å². The topological polar surface area (TPSA) is 119 Å². The lowest BCUT2D eigenvalue weighted by atomic mass is 9.55. The number of carbonyl (C=O) groups is 4. The number of imide groups is 1. The van der Waals surface area contributed by atoms with Gasteiger partial charge in [-0.1, -0.05) is 67.5 Å². The summed E-state index contributed by atoms with van der Waals surface area (Å²) in [7, 11) is 0. The summed E-state index contributed by atoms with van der Waals surface area (Å²) in [5.74, 6) is -3.08. The maximum absolute atomic E-state index is 14.1. The smallest absolute Gasteiger partial charge is 0.329 e. The molecule has 2 aromatic carbocycles. The fourth-order valence-electron chi connectivity index (χ4n) is 6.60. The molecule has 3 atom stereocenters. The Kier molecular flexibility index (Phi) is 6.09. The van der Waals surface area contributed by atoms with Gasteiger partial charge >= 0.3 is 5.97 Å². The Bertz CT molecular complexity index is 1380. The number of nitrogens with one attached hydrogen (secondary N) is 1. The second kappa shape index (κ2) is 9.48. The summed E-state index contributed by atoms with van der Waals surface area (Å²) in [4.78, 5) is 55.0. The van der Waals surface area contributed by atoms with Crippen LogP contribution < -0.4 is 5.32 Å². The van der Waals surface area contributed by atoms with E-state index in [0.717, 1.165) is 27.2 Å². The molecule has 1 N–H and O–H groups in total. The summed E-state index contributed by atoms with van der Waals surface area (Å²) >= 11 is 0. The highest BCUT2D eigenvalue weighted by Gasteiger charge is 2.63. The number of aryl methyl sites for hydroxylation is 1. The van der Waals surface area contributed by atoms with Crippen LogP contribution in [0, 0.1) is 24.7 Å². The maximum atomic E-state index is 14.1. The van der Waals surface area contributed by atoms with Gasteiger partial charge in [0, 0.05) is 17.9 Å². The van der Waals surface area contributed by atoms with Gasteiger partial charge in [0.1, 0.15) is 11.8 Å². The van der Waals surface area contributed by atoms with Crippen molar-refractivity contribution < 1.29 is 28.4 Å². The van der Waals surface area contributed by atoms with Crippen LogP contribution in [0.25, 0.3) is 0 Å². The lowest BCUT2D eigenvalue weighted by Gasteiger charge is -2.45. The van der Waals surface area contributed by atoms with Crippen molar-refractivity contribution in [2.24, 2.45) is 17.8 Å². The first-order valence-corrected chi connectivity index (χ1v) is 13.2. The van der Waals surface area contributed by atoms with Gasteiger partial charge in [0.05, 0.1) is 11.8 Å². The number of carbonyl (C=O) groups excluding carboxylic acids is 4. The van der Waals surface area contributed by atoms with Crippen molar-refractivity contribution in [1.82, 2.24) is 10.1 Å². The van der Waals surface area contributed by atoms with Gasteiger partial charge in [-0.2, -0.15) is 0 Å². The van der Waals surface area contributed by atoms with Gasteiger partial charge in [-0.05, 0) is 41.5 Å². The molecule has 2 bridgehead atoms. The van der Waals surface area contributed by atoms with Crippen molar-refractivity contribution in [2.45, 2.75) is 45.1 Å². The highest BCUT2D eigenvalue weighted by molar-refractivity contribution is 6.10. The van der Waals surface area contributed by atoms with Gasteiger partial charge in [-0.3, -0.25) is 19.3 Å². The predicted molar refractivity (Wildman–Crippen MR) is 139 cm³/mol. The number of benzene rings is 2. The van der Waals surface area contributed by atoms with Crippen LogP contribution in [0.2, 0.25) is 0 Å². The molecule has 4 aliphatic rings. The van der Waals surface area contributed by atoms with E-state index in [1.54, 1.807) is 6.92 Å². The van der Waals surface area contributed by atoms with Crippen LogP contribution in [0.1, 0.15) is 60.1 Å². The molecule has 3 amide bonds. The zero-order chi connectivity index (χ0) is 27.4. The number of rotatable bonds is 7. The number of hydrogen-bond donors (Lipinski definition) is 1. The third kappa shape index (κ3) is 4.04. The van der Waals surface area contributed by atoms with Gasteiger partial charge in [0.15, 0.2) is 12.4 Å². The van der Waals surface area contributed by atoms with Gasteiger partial charge in [-0.15, -0.1) is 0 Å². The van der Waals surface area contributed by atoms with Crippen molar-refractivity contribution in [3.63, 3.8) is 0 Å². The largest absolute Gasteiger partial charge is 0.454 e. The summed E-state index contributed by atoms with van der Waals surface area (Å²) in [6.07, 6.45) is 0.231. The molecule has 0 spiro atoms. The zero-order valence-corrected chi connectivity index (χ0v) is 21.9. The number of amides is 3. The second-order valence-corrected chi connectivity index (χ2v) is 10.9. The van der Waals surface area contributed by atoms with Crippen LogP contribution in [-0.4, -0.2) is 46.4 Å². The normalized spacial score (nSPS) is 23.3. The quantitative estimate of drug-likeness (QED) is 0.367. The standard InChI is InChI=1S/C30H29N3O6/c1-15(2)12-21(30(37)38-14-23(34)31-22-13-16(3)39-32-22)33-28(35)26-24-17-8-4-5-9-18(17)25(27(26)29(33)36)20-11-7-6-10-19(20)24/h4-11,13,15,21,24-27H,12,14H2,1-3H3,(H,31,32,34)/t21-,24?,25?,26-,27+/m0/s1. The summed E-state index contributed by atoms with van der Waals surface area (Å²) in [6, 6.07) is 16.4. The highest BCUT2D eigenvalue weighted by Crippen LogP contribution is 2.61. The number of anilines is 1. The first kappa shape index (κ1) is 25.0. The number of hydrogen-bond acceptors (Lipinski definition) is 7. The minimum Gasteiger partial charge on any atom is -0.454 e. The van der Waals surface area contributed by atoms with Crippen molar-refractivity contribution in [2.75, 3.05) is 11.9 Å². The highest BCUT2D eigenvalue weighted by atomic mass is 16.5. The Labute approximate surface area is 225 Å². The van der Waals surface area contributed by atoms with E-state index in [4.69, 9.17) is 9.26 Å². The molecule has 3 aliphatic carbocycles. The lowest BCUT2D eigenvalue weighted by Crippen LogP contribution is -2.47. The van der Waals surface area contributed by atoms with Crippen molar-refractivity contribution in [3.8, 4) is 0 Å². The molecule has 2 heterocycles. The van der Waals surface area contributed by atoms with Crippen molar-refractivity contribution in [1.29, 1.82) is 0 Å². The fraction of sp³-hybridized carbons (Fsp3) is 0.367. The minimum absolute atomic E-state index is 0.0103. The third-order valence-electron chi connectivity index (χ3n) is 8.00. The Morgan fingerprint density at radius 2 is 1.46 bits per heavy atom. The molecule has 1 aliphatic heterocycles. The molecular formula is C30H29N3O6. The maximum Gasteiger partial charge on any atom is 0.329 e. The fourth-order valence-corrected chi connectivity index (χ4v) is 6.60. The van der Waals surface area contributed by atoms with E-state index in [2.05, 4.69) is 10.5 Å². The molecule has 1 fully saturated rings. The molecule has 200 valence electrons. The summed E-state index contributed by atoms with van der Waals surface area (Å²) in [6.45, 7) is 4.93. The van der Waals surface area contributed by atoms with E-state index in [1.807, 2.05) is 62.4 Å². The van der Waals surface area contributed by atoms with Gasteiger partial charge in [0.2, 0.25) is 11.8 Å². The molecule has 0 radical (unpaired) electrons. The zero-order valence-electron chi connectivity index (χ0n) is 21.9. The summed E-state index contributed by atoms with van der Waals surface area (Å²) in [5.41, 5.74) is 4.25. The number of nitrogens with zero attached hydrogens (tertiary/aromatic N) is 2. The number of aromatic nitrogens is 1. The van der Waals surface area contributed by atoms with Crippen LogP contribution in [0.4, 0.5) is 5.82 Å². The Morgan fingerprint density at radius 1 is 0.949 bits per heavy atom. The minimum atomic E-state index is -1.12. The molecule has 1 aromatic heterocycles. The number of likely N-dealkylation sites (tertiary alicyclic amines) is 1. The van der Waals surface area contributed by atoms with Gasteiger partial charge < -0.3 is 14.6 Å². The van der Waals surface area contributed by atoms with Crippen LogP contribution in [0.15, 0.2) is 59.1 Å². The van der Waals surface area contributed by atoms with Gasteiger partial charge in [0.25, 0.3) is 5.91 Å². The average molecular weight is 528 g/mol. The SMILES string of the molecule is Cc1cc(NC(=O)COC(=O)[C@H](CC(C)C)N2C(=O)[C@@H]3C4c5ccccc5C(c5ccccc54)[C@@H]3C2=O)no1. The number of ether oxygens (including phenoxy) is 1. The average Bonchev–Trinajstić information content (AvgIpc) is 3.45. The molecule has 7 rings (SSSR count).